The van der Waals surface area contributed by atoms with Crippen LogP contribution in [-0.2, 0) is 13.1 Å². The minimum Gasteiger partial charge on any atom is -0.463 e. The van der Waals surface area contributed by atoms with Crippen molar-refractivity contribution in [3.8, 4) is 6.01 Å². The number of piperidine rings is 1. The Balaban J connectivity index is 1.10. The molecule has 0 bridgehead atoms. The van der Waals surface area contributed by atoms with Crippen LogP contribution in [0.15, 0.2) is 53.3 Å². The summed E-state index contributed by atoms with van der Waals surface area (Å²) in [5.41, 5.74) is 15.9. The van der Waals surface area contributed by atoms with Crippen LogP contribution in [0.3, 0.4) is 0 Å². The summed E-state index contributed by atoms with van der Waals surface area (Å²) in [7, 11) is 0. The number of likely N-dealkylation sites (tertiary alicyclic amines) is 1. The minimum atomic E-state index is -0.284. The average molecular weight is 573 g/mol. The van der Waals surface area contributed by atoms with Crippen molar-refractivity contribution in [1.82, 2.24) is 29.7 Å². The molecule has 4 aromatic rings. The predicted octanol–water partition coefficient (Wildman–Crippen LogP) is 3.54. The monoisotopic (exact) mass is 572 g/mol. The van der Waals surface area contributed by atoms with Gasteiger partial charge < -0.3 is 26.5 Å². The summed E-state index contributed by atoms with van der Waals surface area (Å²) < 4.78 is 7.20. The van der Waals surface area contributed by atoms with E-state index in [1.807, 2.05) is 0 Å². The molecule has 1 amide bonds. The van der Waals surface area contributed by atoms with Crippen molar-refractivity contribution in [1.29, 1.82) is 0 Å². The molecule has 2 aromatic heterocycles. The number of nitrogens with two attached hydrogens (primary N) is 2. The lowest BCUT2D eigenvalue weighted by Crippen LogP contribution is -2.34. The maximum absolute atomic E-state index is 12.7. The second-order valence-corrected chi connectivity index (χ2v) is 11.0. The minimum absolute atomic E-state index is 0.0728. The lowest BCUT2D eigenvalue weighted by atomic mass is 9.93. The van der Waals surface area contributed by atoms with E-state index in [4.69, 9.17) is 16.2 Å². The lowest BCUT2D eigenvalue weighted by Gasteiger charge is -2.32. The van der Waals surface area contributed by atoms with Gasteiger partial charge in [-0.25, -0.2) is 4.79 Å². The molecular formula is C31H40N8O3. The summed E-state index contributed by atoms with van der Waals surface area (Å²) in [5.74, 6) is 0.731. The van der Waals surface area contributed by atoms with E-state index in [9.17, 15) is 9.59 Å². The Morgan fingerprint density at radius 3 is 2.52 bits per heavy atom. The number of anilines is 2. The molecule has 222 valence electrons. The molecule has 42 heavy (non-hydrogen) atoms. The number of carbonyl (C=O) groups excluding carboxylic acids is 1. The van der Waals surface area contributed by atoms with Crippen molar-refractivity contribution >= 4 is 28.6 Å². The summed E-state index contributed by atoms with van der Waals surface area (Å²) in [6, 6.07) is 15.6. The Hall–Kier alpha value is -4.38. The Kier molecular flexibility index (Phi) is 9.38. The van der Waals surface area contributed by atoms with Crippen LogP contribution in [0.5, 0.6) is 6.01 Å². The zero-order valence-electron chi connectivity index (χ0n) is 24.1. The Morgan fingerprint density at radius 1 is 1.07 bits per heavy atom. The number of H-pyrrole nitrogens is 1. The highest BCUT2D eigenvalue weighted by atomic mass is 16.5. The molecule has 1 aliphatic heterocycles. The molecule has 0 spiro atoms. The van der Waals surface area contributed by atoms with E-state index in [-0.39, 0.29) is 23.4 Å². The van der Waals surface area contributed by atoms with Gasteiger partial charge in [-0.15, -0.1) is 0 Å². The molecule has 0 radical (unpaired) electrons. The third-order valence-corrected chi connectivity index (χ3v) is 7.82. The number of hydrogen-bond donors (Lipinski definition) is 4. The predicted molar refractivity (Wildman–Crippen MR) is 164 cm³/mol. The lowest BCUT2D eigenvalue weighted by molar-refractivity contribution is 0.0947. The highest BCUT2D eigenvalue weighted by molar-refractivity contribution is 5.94. The van der Waals surface area contributed by atoms with Crippen LogP contribution in [0, 0.1) is 5.92 Å². The van der Waals surface area contributed by atoms with E-state index >= 15 is 0 Å². The van der Waals surface area contributed by atoms with Crippen LogP contribution in [0.4, 0.5) is 11.5 Å². The van der Waals surface area contributed by atoms with Gasteiger partial charge in [-0.1, -0.05) is 43.7 Å². The molecule has 6 N–H and O–H groups in total. The molecule has 0 aliphatic carbocycles. The van der Waals surface area contributed by atoms with Crippen molar-refractivity contribution in [2.75, 3.05) is 37.7 Å². The largest absolute Gasteiger partial charge is 0.463 e. The number of rotatable bonds is 12. The van der Waals surface area contributed by atoms with Crippen LogP contribution >= 0.6 is 0 Å². The maximum atomic E-state index is 12.7. The van der Waals surface area contributed by atoms with E-state index in [1.165, 1.54) is 5.56 Å². The van der Waals surface area contributed by atoms with Gasteiger partial charge in [-0.05, 0) is 74.0 Å². The molecule has 3 heterocycles. The third-order valence-electron chi connectivity index (χ3n) is 7.82. The fraction of sp³-hybridized carbons (Fsp3) is 0.419. The number of aromatic amines is 1. The van der Waals surface area contributed by atoms with Crippen LogP contribution in [-0.4, -0.2) is 56.6 Å². The average Bonchev–Trinajstić information content (AvgIpc) is 3.30. The molecule has 0 saturated carbocycles. The number of nitrogen functional groups attached to an aromatic ring is 2. The van der Waals surface area contributed by atoms with Crippen molar-refractivity contribution < 1.29 is 9.53 Å². The van der Waals surface area contributed by atoms with E-state index < -0.39 is 0 Å². The van der Waals surface area contributed by atoms with E-state index in [0.717, 1.165) is 57.3 Å². The number of hydrogen-bond acceptors (Lipinski definition) is 8. The molecule has 0 atom stereocenters. The van der Waals surface area contributed by atoms with Gasteiger partial charge in [0.25, 0.3) is 5.91 Å². The quantitative estimate of drug-likeness (QED) is 0.148. The first-order valence-corrected chi connectivity index (χ1v) is 14.7. The van der Waals surface area contributed by atoms with Gasteiger partial charge >= 0.3 is 11.7 Å². The number of carbonyl (C=O) groups is 1. The van der Waals surface area contributed by atoms with Gasteiger partial charge in [-0.3, -0.25) is 14.3 Å². The maximum Gasteiger partial charge on any atom is 0.328 e. The smallest absolute Gasteiger partial charge is 0.328 e. The Morgan fingerprint density at radius 2 is 1.81 bits per heavy atom. The number of ether oxygens (including phenoxy) is 1. The Labute approximate surface area is 245 Å². The Bertz CT molecular complexity index is 1550. The number of aromatic nitrogens is 4. The third kappa shape index (κ3) is 7.27. The standard InChI is InChI=1S/C31H40N8O3/c1-2-3-17-42-30-36-27(33)26-28(37-30)39(31(41)35-26)20-23-9-7-22(8-10-23)19-38-15-12-21(13-16-38)11-14-34-29(40)24-5-4-6-25(32)18-24/h4-10,18,21H,2-3,11-17,19-20,32H2,1H3,(H,34,40)(H,35,41)(H2,33,36,37). The number of benzene rings is 2. The number of unbranched alkanes of at least 4 members (excludes halogenated alkanes) is 1. The zero-order valence-corrected chi connectivity index (χ0v) is 24.1. The van der Waals surface area contributed by atoms with E-state index in [0.29, 0.717) is 48.0 Å². The molecule has 0 unspecified atom stereocenters. The van der Waals surface area contributed by atoms with E-state index in [1.54, 1.807) is 28.8 Å². The molecule has 5 rings (SSSR count). The summed E-state index contributed by atoms with van der Waals surface area (Å²) in [6.07, 6.45) is 5.09. The van der Waals surface area contributed by atoms with Gasteiger partial charge in [0.2, 0.25) is 0 Å². The van der Waals surface area contributed by atoms with Crippen LogP contribution in [0.2, 0.25) is 0 Å². The molecule has 1 aliphatic rings. The molecular weight excluding hydrogens is 532 g/mol. The highest BCUT2D eigenvalue weighted by Gasteiger charge is 2.20. The molecule has 1 saturated heterocycles. The first kappa shape index (κ1) is 29.1. The summed E-state index contributed by atoms with van der Waals surface area (Å²) in [4.78, 5) is 38.9. The fourth-order valence-electron chi connectivity index (χ4n) is 5.35. The molecule has 11 nitrogen and oxygen atoms in total. The topological polar surface area (TPSA) is 157 Å². The first-order chi connectivity index (χ1) is 20.4. The van der Waals surface area contributed by atoms with Crippen LogP contribution in [0.1, 0.15) is 60.5 Å². The second kappa shape index (κ2) is 13.5. The SMILES string of the molecule is CCCCOc1nc(N)c2[nH]c(=O)n(Cc3ccc(CN4CCC(CCNC(=O)c5cccc(N)c5)CC4)cc3)c2n1. The van der Waals surface area contributed by atoms with Gasteiger partial charge in [0.05, 0.1) is 13.2 Å². The summed E-state index contributed by atoms with van der Waals surface area (Å²) in [6.45, 7) is 6.56. The van der Waals surface area contributed by atoms with Crippen LogP contribution < -0.4 is 27.2 Å². The number of fused-ring (bicyclic) bond motifs is 1. The van der Waals surface area contributed by atoms with E-state index in [2.05, 4.69) is 56.4 Å². The van der Waals surface area contributed by atoms with Gasteiger partial charge in [0.15, 0.2) is 11.5 Å². The van der Waals surface area contributed by atoms with Crippen molar-refractivity contribution in [3.63, 3.8) is 0 Å². The van der Waals surface area contributed by atoms with Crippen molar-refractivity contribution in [2.24, 2.45) is 5.92 Å². The van der Waals surface area contributed by atoms with Gasteiger partial charge in [-0.2, -0.15) is 9.97 Å². The summed E-state index contributed by atoms with van der Waals surface area (Å²) in [5, 5.41) is 3.02. The fourth-order valence-corrected chi connectivity index (χ4v) is 5.35. The van der Waals surface area contributed by atoms with Gasteiger partial charge in [0.1, 0.15) is 5.52 Å². The molecule has 11 heteroatoms. The first-order valence-electron chi connectivity index (χ1n) is 14.7. The normalized spacial score (nSPS) is 14.3. The molecule has 1 fully saturated rings. The van der Waals surface area contributed by atoms with Crippen molar-refractivity contribution in [2.45, 2.75) is 52.1 Å². The zero-order chi connectivity index (χ0) is 29.5. The van der Waals surface area contributed by atoms with Crippen LogP contribution in [0.25, 0.3) is 11.2 Å². The number of imidazole rings is 1. The number of nitrogens with one attached hydrogen (secondary N) is 2. The summed E-state index contributed by atoms with van der Waals surface area (Å²) >= 11 is 0. The van der Waals surface area contributed by atoms with Crippen molar-refractivity contribution in [3.05, 3.63) is 75.7 Å². The van der Waals surface area contributed by atoms with Gasteiger partial charge in [0, 0.05) is 24.3 Å². The number of amides is 1. The molecule has 2 aromatic carbocycles. The second-order valence-electron chi connectivity index (χ2n) is 11.0. The number of nitrogens with zero attached hydrogens (tertiary/aromatic N) is 4. The highest BCUT2D eigenvalue weighted by Crippen LogP contribution is 2.22.